The molecule has 2 rings (SSSR count). The summed E-state index contributed by atoms with van der Waals surface area (Å²) in [7, 11) is 0. The lowest BCUT2D eigenvalue weighted by molar-refractivity contribution is 0.00567. The number of aryl methyl sites for hydroxylation is 3. The van der Waals surface area contributed by atoms with Crippen LogP contribution in [0.25, 0.3) is 5.69 Å². The maximum atomic E-state index is 13.0. The third-order valence-electron chi connectivity index (χ3n) is 4.25. The number of nitrogens with zero attached hydrogens (tertiary/aromatic N) is 1. The molecule has 2 aromatic rings. The summed E-state index contributed by atoms with van der Waals surface area (Å²) in [5, 5.41) is 29.1. The van der Waals surface area contributed by atoms with Crippen LogP contribution in [-0.2, 0) is 4.74 Å². The monoisotopic (exact) mass is 417 g/mol. The molecule has 3 N–H and O–H groups in total. The van der Waals surface area contributed by atoms with Crippen molar-refractivity contribution >= 4 is 23.9 Å². The van der Waals surface area contributed by atoms with Gasteiger partial charge >= 0.3 is 23.9 Å². The maximum Gasteiger partial charge on any atom is 0.356 e. The Morgan fingerprint density at radius 2 is 1.23 bits per heavy atom. The number of rotatable bonds is 5. The highest BCUT2D eigenvalue weighted by Gasteiger charge is 2.40. The van der Waals surface area contributed by atoms with E-state index in [1.165, 1.54) is 0 Å². The number of hydrogen-bond acceptors (Lipinski definition) is 5. The molecule has 0 aliphatic rings. The van der Waals surface area contributed by atoms with Crippen molar-refractivity contribution in [3.63, 3.8) is 0 Å². The smallest absolute Gasteiger partial charge is 0.356 e. The Morgan fingerprint density at radius 1 is 0.800 bits per heavy atom. The third-order valence-corrected chi connectivity index (χ3v) is 4.25. The van der Waals surface area contributed by atoms with Crippen molar-refractivity contribution in [3.05, 3.63) is 51.3 Å². The molecule has 1 aromatic heterocycles. The minimum Gasteiger partial charge on any atom is -0.478 e. The van der Waals surface area contributed by atoms with Gasteiger partial charge in [-0.15, -0.1) is 0 Å². The van der Waals surface area contributed by atoms with Crippen molar-refractivity contribution in [1.82, 2.24) is 4.57 Å². The van der Waals surface area contributed by atoms with E-state index in [4.69, 9.17) is 4.74 Å². The molecule has 9 nitrogen and oxygen atoms in total. The Balaban J connectivity index is 3.15. The fraction of sp³-hybridized carbons (Fsp3) is 0.333. The van der Waals surface area contributed by atoms with Crippen LogP contribution in [0.3, 0.4) is 0 Å². The van der Waals surface area contributed by atoms with E-state index in [1.54, 1.807) is 46.8 Å². The molecule has 1 aromatic carbocycles. The number of benzene rings is 1. The lowest BCUT2D eigenvalue weighted by Crippen LogP contribution is -2.27. The second kappa shape index (κ2) is 7.66. The van der Waals surface area contributed by atoms with Crippen molar-refractivity contribution in [2.45, 2.75) is 47.1 Å². The Hall–Kier alpha value is -3.62. The first-order valence-corrected chi connectivity index (χ1v) is 8.97. The van der Waals surface area contributed by atoms with Gasteiger partial charge in [0.05, 0.1) is 5.69 Å². The van der Waals surface area contributed by atoms with Gasteiger partial charge in [-0.3, -0.25) is 4.57 Å². The first kappa shape index (κ1) is 22.7. The predicted molar refractivity (Wildman–Crippen MR) is 106 cm³/mol. The molecule has 0 aliphatic carbocycles. The molecule has 30 heavy (non-hydrogen) atoms. The van der Waals surface area contributed by atoms with E-state index in [0.717, 1.165) is 10.1 Å². The SMILES string of the molecule is Cc1cc(C)c(-n2c(C(=O)O)c(C(=O)O)c(C(=O)O)c2C(=O)OC(C)(C)C)c(C)c1. The van der Waals surface area contributed by atoms with Crippen molar-refractivity contribution in [3.8, 4) is 5.69 Å². The molecule has 0 spiro atoms. The zero-order valence-corrected chi connectivity index (χ0v) is 17.5. The molecular formula is C21H23NO8. The van der Waals surface area contributed by atoms with Crippen LogP contribution in [0, 0.1) is 20.8 Å². The lowest BCUT2D eigenvalue weighted by Gasteiger charge is -2.22. The number of hydrogen-bond donors (Lipinski definition) is 3. The van der Waals surface area contributed by atoms with Crippen molar-refractivity contribution in [1.29, 1.82) is 0 Å². The summed E-state index contributed by atoms with van der Waals surface area (Å²) < 4.78 is 6.17. The van der Waals surface area contributed by atoms with Gasteiger partial charge in [0.2, 0.25) is 0 Å². The Kier molecular flexibility index (Phi) is 5.79. The van der Waals surface area contributed by atoms with E-state index < -0.39 is 52.0 Å². The number of aromatic nitrogens is 1. The van der Waals surface area contributed by atoms with Gasteiger partial charge in [0.25, 0.3) is 0 Å². The molecule has 0 radical (unpaired) electrons. The van der Waals surface area contributed by atoms with Crippen molar-refractivity contribution < 1.29 is 39.2 Å². The van der Waals surface area contributed by atoms with E-state index >= 15 is 0 Å². The molecule has 0 saturated carbocycles. The molecule has 0 aliphatic heterocycles. The number of ether oxygens (including phenoxy) is 1. The van der Waals surface area contributed by atoms with Gasteiger partial charge in [-0.05, 0) is 52.7 Å². The van der Waals surface area contributed by atoms with Gasteiger partial charge in [0.15, 0.2) is 0 Å². The zero-order chi connectivity index (χ0) is 23.1. The summed E-state index contributed by atoms with van der Waals surface area (Å²) in [6, 6.07) is 3.43. The number of carboxylic acids is 3. The van der Waals surface area contributed by atoms with E-state index in [2.05, 4.69) is 0 Å². The average Bonchev–Trinajstić information content (AvgIpc) is 2.88. The number of aromatic carboxylic acids is 3. The molecule has 0 atom stereocenters. The molecule has 0 amide bonds. The molecule has 0 fully saturated rings. The molecule has 9 heteroatoms. The van der Waals surface area contributed by atoms with E-state index in [0.29, 0.717) is 11.1 Å². The standard InChI is InChI=1S/C21H23NO8/c1-9-7-10(2)14(11(3)8-9)22-15(19(27)28)12(17(23)24)13(18(25)26)16(22)20(29)30-21(4,5)6/h7-8H,1-6H3,(H,23,24)(H,25,26)(H,27,28). The van der Waals surface area contributed by atoms with Gasteiger partial charge in [-0.2, -0.15) is 0 Å². The average molecular weight is 417 g/mol. The van der Waals surface area contributed by atoms with Crippen LogP contribution in [0.5, 0.6) is 0 Å². The highest BCUT2D eigenvalue weighted by molar-refractivity contribution is 6.15. The summed E-state index contributed by atoms with van der Waals surface area (Å²) in [6.07, 6.45) is 0. The van der Waals surface area contributed by atoms with Gasteiger partial charge in [-0.25, -0.2) is 19.2 Å². The summed E-state index contributed by atoms with van der Waals surface area (Å²) >= 11 is 0. The Morgan fingerprint density at radius 3 is 1.60 bits per heavy atom. The fourth-order valence-corrected chi connectivity index (χ4v) is 3.46. The van der Waals surface area contributed by atoms with Crippen LogP contribution >= 0.6 is 0 Å². The normalized spacial score (nSPS) is 11.3. The minimum absolute atomic E-state index is 0.203. The van der Waals surface area contributed by atoms with Gasteiger partial charge in [0.1, 0.15) is 28.1 Å². The van der Waals surface area contributed by atoms with E-state index in [9.17, 15) is 34.5 Å². The van der Waals surface area contributed by atoms with Crippen molar-refractivity contribution in [2.24, 2.45) is 0 Å². The number of esters is 1. The fourth-order valence-electron chi connectivity index (χ4n) is 3.46. The summed E-state index contributed by atoms with van der Waals surface area (Å²) in [5.74, 6) is -6.37. The molecular weight excluding hydrogens is 394 g/mol. The third kappa shape index (κ3) is 4.05. The zero-order valence-electron chi connectivity index (χ0n) is 17.5. The van der Waals surface area contributed by atoms with E-state index in [-0.39, 0.29) is 5.69 Å². The number of carbonyl (C=O) groups is 4. The van der Waals surface area contributed by atoms with Crippen LogP contribution in [0.1, 0.15) is 79.2 Å². The van der Waals surface area contributed by atoms with Crippen LogP contribution in [-0.4, -0.2) is 49.4 Å². The quantitative estimate of drug-likeness (QED) is 0.628. The van der Waals surface area contributed by atoms with Crippen LogP contribution in [0.2, 0.25) is 0 Å². The Labute approximate surface area is 172 Å². The largest absolute Gasteiger partial charge is 0.478 e. The van der Waals surface area contributed by atoms with Crippen LogP contribution < -0.4 is 0 Å². The van der Waals surface area contributed by atoms with Crippen LogP contribution in [0.15, 0.2) is 12.1 Å². The summed E-state index contributed by atoms with van der Waals surface area (Å²) in [5.41, 5.74) is -2.34. The topological polar surface area (TPSA) is 143 Å². The van der Waals surface area contributed by atoms with E-state index in [1.807, 2.05) is 6.92 Å². The van der Waals surface area contributed by atoms with Gasteiger partial charge in [-0.1, -0.05) is 17.7 Å². The first-order valence-electron chi connectivity index (χ1n) is 8.97. The number of carboxylic acid groups (broad SMARTS) is 3. The molecule has 0 saturated heterocycles. The molecule has 0 bridgehead atoms. The highest BCUT2D eigenvalue weighted by atomic mass is 16.6. The second-order valence-electron chi connectivity index (χ2n) is 7.95. The highest BCUT2D eigenvalue weighted by Crippen LogP contribution is 2.33. The molecule has 1 heterocycles. The maximum absolute atomic E-state index is 13.0. The number of carbonyl (C=O) groups excluding carboxylic acids is 1. The lowest BCUT2D eigenvalue weighted by atomic mass is 10.0. The van der Waals surface area contributed by atoms with Gasteiger partial charge in [0, 0.05) is 0 Å². The summed E-state index contributed by atoms with van der Waals surface area (Å²) in [6.45, 7) is 9.78. The second-order valence-corrected chi connectivity index (χ2v) is 7.95. The minimum atomic E-state index is -1.78. The van der Waals surface area contributed by atoms with Gasteiger partial charge < -0.3 is 20.1 Å². The molecule has 160 valence electrons. The predicted octanol–water partition coefficient (Wildman–Crippen LogP) is 3.45. The summed E-state index contributed by atoms with van der Waals surface area (Å²) in [4.78, 5) is 48.9. The van der Waals surface area contributed by atoms with Crippen molar-refractivity contribution in [2.75, 3.05) is 0 Å². The van der Waals surface area contributed by atoms with Crippen LogP contribution in [0.4, 0.5) is 0 Å². The first-order chi connectivity index (χ1) is 13.7. The Bertz CT molecular complexity index is 1060. The molecule has 0 unspecified atom stereocenters.